The second-order valence-electron chi connectivity index (χ2n) is 5.38. The Labute approximate surface area is 119 Å². The molecule has 0 saturated carbocycles. The van der Waals surface area contributed by atoms with E-state index in [2.05, 4.69) is 29.2 Å². The summed E-state index contributed by atoms with van der Waals surface area (Å²) < 4.78 is 15.6. The molecule has 0 saturated heterocycles. The zero-order valence-electron chi connectivity index (χ0n) is 12.2. The van der Waals surface area contributed by atoms with Gasteiger partial charge in [0.1, 0.15) is 18.0 Å². The summed E-state index contributed by atoms with van der Waals surface area (Å²) in [5.74, 6) is 1.21. The predicted octanol–water partition coefficient (Wildman–Crippen LogP) is 2.92. The maximum Gasteiger partial charge on any atom is 0.140 e. The first-order chi connectivity index (χ1) is 9.58. The topological polar surface area (TPSA) is 42.7 Å². The van der Waals surface area contributed by atoms with Crippen LogP contribution in [0.15, 0.2) is 30.6 Å². The largest absolute Gasteiger partial charge is 0.303 e. The van der Waals surface area contributed by atoms with Gasteiger partial charge < -0.3 is 5.32 Å². The fraction of sp³-hybridized carbons (Fsp3) is 0.467. The first kappa shape index (κ1) is 14.7. The minimum absolute atomic E-state index is 0.0691. The van der Waals surface area contributed by atoms with Gasteiger partial charge in [-0.15, -0.1) is 0 Å². The van der Waals surface area contributed by atoms with Crippen LogP contribution in [0, 0.1) is 11.7 Å². The van der Waals surface area contributed by atoms with Gasteiger partial charge in [0.25, 0.3) is 0 Å². The molecule has 0 aliphatic rings. The highest BCUT2D eigenvalue weighted by Gasteiger charge is 2.12. The molecule has 0 radical (unpaired) electrons. The molecule has 5 heteroatoms. The maximum atomic E-state index is 13.7. The third-order valence-corrected chi connectivity index (χ3v) is 3.17. The van der Waals surface area contributed by atoms with Crippen molar-refractivity contribution in [2.75, 3.05) is 0 Å². The standard InChI is InChI=1S/C15H21FN4/c1-11(2)9-20-15(18-10-19-20)8-17-12(3)13-6-4-5-7-14(13)16/h4-7,10-12,17H,8-9H2,1-3H3. The number of halogens is 1. The van der Waals surface area contributed by atoms with Crippen molar-refractivity contribution in [3.05, 3.63) is 47.8 Å². The SMILES string of the molecule is CC(C)Cn1ncnc1CNC(C)c1ccccc1F. The molecule has 1 unspecified atom stereocenters. The molecule has 2 rings (SSSR count). The Bertz CT molecular complexity index is 550. The van der Waals surface area contributed by atoms with Crippen molar-refractivity contribution in [1.29, 1.82) is 0 Å². The van der Waals surface area contributed by atoms with Crippen LogP contribution in [-0.4, -0.2) is 14.8 Å². The Kier molecular flexibility index (Phi) is 4.84. The molecule has 0 aliphatic carbocycles. The Morgan fingerprint density at radius 2 is 2.00 bits per heavy atom. The fourth-order valence-corrected chi connectivity index (χ4v) is 2.10. The summed E-state index contributed by atoms with van der Waals surface area (Å²) in [6, 6.07) is 6.75. The lowest BCUT2D eigenvalue weighted by Gasteiger charge is -2.15. The van der Waals surface area contributed by atoms with Gasteiger partial charge in [-0.2, -0.15) is 5.10 Å². The van der Waals surface area contributed by atoms with Crippen LogP contribution in [0.1, 0.15) is 38.2 Å². The molecule has 1 aromatic heterocycles. The van der Waals surface area contributed by atoms with Gasteiger partial charge >= 0.3 is 0 Å². The van der Waals surface area contributed by atoms with Crippen molar-refractivity contribution >= 4 is 0 Å². The Hall–Kier alpha value is -1.75. The summed E-state index contributed by atoms with van der Waals surface area (Å²) in [6.45, 7) is 7.64. The lowest BCUT2D eigenvalue weighted by molar-refractivity contribution is 0.446. The number of hydrogen-bond acceptors (Lipinski definition) is 3. The molecular weight excluding hydrogens is 255 g/mol. The second-order valence-corrected chi connectivity index (χ2v) is 5.38. The molecule has 108 valence electrons. The van der Waals surface area contributed by atoms with Crippen LogP contribution < -0.4 is 5.32 Å². The number of nitrogens with one attached hydrogen (secondary N) is 1. The molecule has 1 heterocycles. The maximum absolute atomic E-state index is 13.7. The van der Waals surface area contributed by atoms with Gasteiger partial charge in [-0.1, -0.05) is 32.0 Å². The van der Waals surface area contributed by atoms with Crippen LogP contribution in [-0.2, 0) is 13.1 Å². The molecule has 1 atom stereocenters. The average Bonchev–Trinajstić information content (AvgIpc) is 2.83. The van der Waals surface area contributed by atoms with Crippen LogP contribution >= 0.6 is 0 Å². The van der Waals surface area contributed by atoms with E-state index in [0.717, 1.165) is 12.4 Å². The Balaban J connectivity index is 1.99. The predicted molar refractivity (Wildman–Crippen MR) is 76.5 cm³/mol. The number of nitrogens with zero attached hydrogens (tertiary/aromatic N) is 3. The monoisotopic (exact) mass is 276 g/mol. The van der Waals surface area contributed by atoms with E-state index in [4.69, 9.17) is 0 Å². The molecule has 0 aliphatic heterocycles. The van der Waals surface area contributed by atoms with Gasteiger partial charge in [0.2, 0.25) is 0 Å². The minimum atomic E-state index is -0.184. The lowest BCUT2D eigenvalue weighted by atomic mass is 10.1. The zero-order valence-corrected chi connectivity index (χ0v) is 12.2. The molecule has 1 N–H and O–H groups in total. The van der Waals surface area contributed by atoms with Crippen molar-refractivity contribution in [2.45, 2.75) is 39.9 Å². The van der Waals surface area contributed by atoms with Gasteiger partial charge in [0, 0.05) is 18.2 Å². The highest BCUT2D eigenvalue weighted by molar-refractivity contribution is 5.20. The summed E-state index contributed by atoms with van der Waals surface area (Å²) in [5, 5.41) is 7.51. The smallest absolute Gasteiger partial charge is 0.140 e. The summed E-state index contributed by atoms with van der Waals surface area (Å²) in [4.78, 5) is 4.25. The number of rotatable bonds is 6. The average molecular weight is 276 g/mol. The van der Waals surface area contributed by atoms with Gasteiger partial charge in [-0.05, 0) is 18.9 Å². The van der Waals surface area contributed by atoms with Crippen molar-refractivity contribution in [3.8, 4) is 0 Å². The first-order valence-corrected chi connectivity index (χ1v) is 6.92. The third-order valence-electron chi connectivity index (χ3n) is 3.17. The van der Waals surface area contributed by atoms with Crippen LogP contribution in [0.2, 0.25) is 0 Å². The summed E-state index contributed by atoms with van der Waals surface area (Å²) in [7, 11) is 0. The van der Waals surface area contributed by atoms with Crippen molar-refractivity contribution < 1.29 is 4.39 Å². The van der Waals surface area contributed by atoms with E-state index in [9.17, 15) is 4.39 Å². The fourth-order valence-electron chi connectivity index (χ4n) is 2.10. The van der Waals surface area contributed by atoms with Crippen molar-refractivity contribution in [2.24, 2.45) is 5.92 Å². The normalized spacial score (nSPS) is 12.8. The summed E-state index contributed by atoms with van der Waals surface area (Å²) in [5.41, 5.74) is 0.669. The van der Waals surface area contributed by atoms with Crippen LogP contribution in [0.5, 0.6) is 0 Å². The third kappa shape index (κ3) is 3.63. The van der Waals surface area contributed by atoms with Crippen molar-refractivity contribution in [3.63, 3.8) is 0 Å². The number of hydrogen-bond donors (Lipinski definition) is 1. The number of aromatic nitrogens is 3. The van der Waals surface area contributed by atoms with E-state index < -0.39 is 0 Å². The van der Waals surface area contributed by atoms with E-state index in [1.807, 2.05) is 17.7 Å². The zero-order chi connectivity index (χ0) is 14.5. The molecule has 0 fully saturated rings. The quantitative estimate of drug-likeness (QED) is 0.882. The van der Waals surface area contributed by atoms with Gasteiger partial charge in [0.15, 0.2) is 0 Å². The van der Waals surface area contributed by atoms with Gasteiger partial charge in [-0.25, -0.2) is 14.1 Å². The van der Waals surface area contributed by atoms with E-state index >= 15 is 0 Å². The molecule has 0 amide bonds. The molecule has 0 spiro atoms. The van der Waals surface area contributed by atoms with Gasteiger partial charge in [0.05, 0.1) is 6.54 Å². The Morgan fingerprint density at radius 3 is 2.70 bits per heavy atom. The molecule has 20 heavy (non-hydrogen) atoms. The minimum Gasteiger partial charge on any atom is -0.303 e. The van der Waals surface area contributed by atoms with E-state index in [1.165, 1.54) is 6.07 Å². The second kappa shape index (κ2) is 6.61. The highest BCUT2D eigenvalue weighted by atomic mass is 19.1. The number of benzene rings is 1. The Morgan fingerprint density at radius 1 is 1.25 bits per heavy atom. The summed E-state index contributed by atoms with van der Waals surface area (Å²) >= 11 is 0. The molecule has 4 nitrogen and oxygen atoms in total. The first-order valence-electron chi connectivity index (χ1n) is 6.92. The summed E-state index contributed by atoms with van der Waals surface area (Å²) in [6.07, 6.45) is 1.56. The van der Waals surface area contributed by atoms with E-state index in [1.54, 1.807) is 18.5 Å². The van der Waals surface area contributed by atoms with Gasteiger partial charge in [-0.3, -0.25) is 0 Å². The highest BCUT2D eigenvalue weighted by Crippen LogP contribution is 2.16. The molecule has 2 aromatic rings. The van der Waals surface area contributed by atoms with E-state index in [-0.39, 0.29) is 11.9 Å². The molecule has 0 bridgehead atoms. The lowest BCUT2D eigenvalue weighted by Crippen LogP contribution is -2.22. The van der Waals surface area contributed by atoms with Crippen LogP contribution in [0.4, 0.5) is 4.39 Å². The van der Waals surface area contributed by atoms with Crippen molar-refractivity contribution in [1.82, 2.24) is 20.1 Å². The molecular formula is C15H21FN4. The van der Waals surface area contributed by atoms with Crippen LogP contribution in [0.3, 0.4) is 0 Å². The van der Waals surface area contributed by atoms with Crippen LogP contribution in [0.25, 0.3) is 0 Å². The van der Waals surface area contributed by atoms with E-state index in [0.29, 0.717) is 18.0 Å². The molecule has 1 aromatic carbocycles.